The number of halogens is 4. The smallest absolute Gasteiger partial charge is 0.224 e. The summed E-state index contributed by atoms with van der Waals surface area (Å²) in [6.07, 6.45) is 0. The zero-order valence-electron chi connectivity index (χ0n) is 10.4. The van der Waals surface area contributed by atoms with Crippen LogP contribution in [0.15, 0.2) is 36.4 Å². The highest BCUT2D eigenvalue weighted by Crippen LogP contribution is 2.27. The van der Waals surface area contributed by atoms with Gasteiger partial charge in [-0.05, 0) is 35.9 Å². The van der Waals surface area contributed by atoms with Crippen LogP contribution in [0.3, 0.4) is 0 Å². The largest absolute Gasteiger partial charge is 0.337 e. The van der Waals surface area contributed by atoms with E-state index in [1.807, 2.05) is 0 Å². The minimum Gasteiger partial charge on any atom is -0.337 e. The highest BCUT2D eigenvalue weighted by Gasteiger charge is 2.15. The van der Waals surface area contributed by atoms with Crippen LogP contribution in [0.2, 0.25) is 5.28 Å². The fourth-order valence-corrected chi connectivity index (χ4v) is 2.07. The molecule has 0 saturated heterocycles. The molecule has 0 amide bonds. The third-order valence-electron chi connectivity index (χ3n) is 2.86. The van der Waals surface area contributed by atoms with Gasteiger partial charge in [-0.3, -0.25) is 0 Å². The lowest BCUT2D eigenvalue weighted by molar-refractivity contribution is 0.449. The lowest BCUT2D eigenvalue weighted by Crippen LogP contribution is -2.01. The number of rotatable bonds is 2. The number of anilines is 2. The normalized spacial score (nSPS) is 10.9. The van der Waals surface area contributed by atoms with Crippen molar-refractivity contribution in [3.63, 3.8) is 0 Å². The SMILES string of the molecule is Fc1ccc(Nc2nc(Cl)nc3ccccc23)c(F)c1F. The molecule has 0 fully saturated rings. The molecule has 0 aliphatic heterocycles. The molecule has 3 nitrogen and oxygen atoms in total. The summed E-state index contributed by atoms with van der Waals surface area (Å²) >= 11 is 5.80. The van der Waals surface area contributed by atoms with E-state index >= 15 is 0 Å². The van der Waals surface area contributed by atoms with Crippen LogP contribution in [0.25, 0.3) is 10.9 Å². The van der Waals surface area contributed by atoms with Crippen molar-refractivity contribution in [3.05, 3.63) is 59.1 Å². The Bertz CT molecular complexity index is 839. The van der Waals surface area contributed by atoms with E-state index in [4.69, 9.17) is 11.6 Å². The fraction of sp³-hybridized carbons (Fsp3) is 0. The van der Waals surface area contributed by atoms with E-state index in [-0.39, 0.29) is 16.8 Å². The molecule has 3 rings (SSSR count). The Morgan fingerprint density at radius 1 is 0.905 bits per heavy atom. The number of nitrogens with zero attached hydrogens (tertiary/aromatic N) is 2. The number of hydrogen-bond acceptors (Lipinski definition) is 3. The minimum atomic E-state index is -1.55. The molecule has 1 N–H and O–H groups in total. The summed E-state index contributed by atoms with van der Waals surface area (Å²) in [4.78, 5) is 7.97. The maximum absolute atomic E-state index is 13.7. The molecule has 0 saturated carbocycles. The second-order valence-electron chi connectivity index (χ2n) is 4.21. The van der Waals surface area contributed by atoms with Crippen molar-refractivity contribution in [3.8, 4) is 0 Å². The number of aromatic nitrogens is 2. The van der Waals surface area contributed by atoms with Gasteiger partial charge in [0, 0.05) is 5.39 Å². The fourth-order valence-electron chi connectivity index (χ4n) is 1.89. The Kier molecular flexibility index (Phi) is 3.39. The third kappa shape index (κ3) is 2.50. The van der Waals surface area contributed by atoms with E-state index in [0.29, 0.717) is 10.9 Å². The Labute approximate surface area is 122 Å². The van der Waals surface area contributed by atoms with Gasteiger partial charge in [0.05, 0.1) is 11.2 Å². The van der Waals surface area contributed by atoms with E-state index in [1.165, 1.54) is 0 Å². The molecule has 0 spiro atoms. The summed E-state index contributed by atoms with van der Waals surface area (Å²) < 4.78 is 39.9. The molecule has 21 heavy (non-hydrogen) atoms. The van der Waals surface area contributed by atoms with Gasteiger partial charge >= 0.3 is 0 Å². The predicted molar refractivity (Wildman–Crippen MR) is 74.1 cm³/mol. The first kappa shape index (κ1) is 13.6. The summed E-state index contributed by atoms with van der Waals surface area (Å²) in [5.41, 5.74) is 0.303. The van der Waals surface area contributed by atoms with Gasteiger partial charge in [-0.2, -0.15) is 4.98 Å². The number of para-hydroxylation sites is 1. The molecule has 0 aliphatic rings. The highest BCUT2D eigenvalue weighted by molar-refractivity contribution is 6.28. The first-order chi connectivity index (χ1) is 10.1. The van der Waals surface area contributed by atoms with Gasteiger partial charge < -0.3 is 5.32 Å². The Hall–Kier alpha value is -2.34. The first-order valence-corrected chi connectivity index (χ1v) is 6.27. The summed E-state index contributed by atoms with van der Waals surface area (Å²) in [6.45, 7) is 0. The van der Waals surface area contributed by atoms with Crippen LogP contribution < -0.4 is 5.32 Å². The van der Waals surface area contributed by atoms with E-state index in [1.54, 1.807) is 24.3 Å². The minimum absolute atomic E-state index is 0.0424. The number of benzene rings is 2. The van der Waals surface area contributed by atoms with Crippen molar-refractivity contribution in [2.45, 2.75) is 0 Å². The Morgan fingerprint density at radius 3 is 2.48 bits per heavy atom. The molecular formula is C14H7ClF3N3. The standard InChI is InChI=1S/C14H7ClF3N3/c15-14-20-9-4-2-1-3-7(9)13(21-14)19-10-6-5-8(16)11(17)12(10)18/h1-6H,(H,19,20,21). The van der Waals surface area contributed by atoms with Gasteiger partial charge in [0.25, 0.3) is 0 Å². The van der Waals surface area contributed by atoms with Gasteiger partial charge in [0.15, 0.2) is 17.5 Å². The molecule has 0 atom stereocenters. The predicted octanol–water partition coefficient (Wildman–Crippen LogP) is 4.44. The van der Waals surface area contributed by atoms with Crippen LogP contribution in [0.1, 0.15) is 0 Å². The molecule has 1 aromatic heterocycles. The topological polar surface area (TPSA) is 37.8 Å². The maximum Gasteiger partial charge on any atom is 0.224 e. The molecule has 0 radical (unpaired) electrons. The molecule has 3 aromatic rings. The van der Waals surface area contributed by atoms with Crippen molar-refractivity contribution in [2.24, 2.45) is 0 Å². The van der Waals surface area contributed by atoms with Crippen LogP contribution in [0, 0.1) is 17.5 Å². The summed E-state index contributed by atoms with van der Waals surface area (Å²) in [5.74, 6) is -3.93. The number of fused-ring (bicyclic) bond motifs is 1. The molecule has 0 unspecified atom stereocenters. The zero-order valence-corrected chi connectivity index (χ0v) is 11.1. The average molecular weight is 310 g/mol. The molecule has 106 valence electrons. The van der Waals surface area contributed by atoms with Crippen molar-refractivity contribution < 1.29 is 13.2 Å². The number of nitrogens with one attached hydrogen (secondary N) is 1. The van der Waals surface area contributed by atoms with Gasteiger partial charge in [0.2, 0.25) is 5.28 Å². The molecular weight excluding hydrogens is 303 g/mol. The van der Waals surface area contributed by atoms with Gasteiger partial charge in [-0.15, -0.1) is 0 Å². The van der Waals surface area contributed by atoms with Crippen molar-refractivity contribution in [1.29, 1.82) is 0 Å². The molecule has 0 aliphatic carbocycles. The summed E-state index contributed by atoms with van der Waals surface area (Å²) in [6, 6.07) is 8.81. The Morgan fingerprint density at radius 2 is 1.67 bits per heavy atom. The second kappa shape index (κ2) is 5.21. The van der Waals surface area contributed by atoms with Gasteiger partial charge in [0.1, 0.15) is 5.82 Å². The van der Waals surface area contributed by atoms with Crippen molar-refractivity contribution in [2.75, 3.05) is 5.32 Å². The molecule has 2 aromatic carbocycles. The summed E-state index contributed by atoms with van der Waals surface area (Å²) in [7, 11) is 0. The van der Waals surface area contributed by atoms with Gasteiger partial charge in [-0.1, -0.05) is 12.1 Å². The monoisotopic (exact) mass is 309 g/mol. The third-order valence-corrected chi connectivity index (χ3v) is 3.03. The van der Waals surface area contributed by atoms with E-state index in [2.05, 4.69) is 15.3 Å². The van der Waals surface area contributed by atoms with Crippen molar-refractivity contribution >= 4 is 34.0 Å². The van der Waals surface area contributed by atoms with Crippen molar-refractivity contribution in [1.82, 2.24) is 9.97 Å². The van der Waals surface area contributed by atoms with Crippen LogP contribution in [-0.2, 0) is 0 Å². The molecule has 7 heteroatoms. The van der Waals surface area contributed by atoms with E-state index in [9.17, 15) is 13.2 Å². The van der Waals surface area contributed by atoms with Crippen LogP contribution in [-0.4, -0.2) is 9.97 Å². The first-order valence-electron chi connectivity index (χ1n) is 5.89. The van der Waals surface area contributed by atoms with Crippen LogP contribution in [0.5, 0.6) is 0 Å². The summed E-state index contributed by atoms with van der Waals surface area (Å²) in [5, 5.41) is 3.14. The lowest BCUT2D eigenvalue weighted by Gasteiger charge is -2.10. The van der Waals surface area contributed by atoms with Crippen LogP contribution in [0.4, 0.5) is 24.7 Å². The van der Waals surface area contributed by atoms with Crippen LogP contribution >= 0.6 is 11.6 Å². The average Bonchev–Trinajstić information content (AvgIpc) is 2.47. The van der Waals surface area contributed by atoms with E-state index < -0.39 is 17.5 Å². The lowest BCUT2D eigenvalue weighted by atomic mass is 10.2. The number of hydrogen-bond donors (Lipinski definition) is 1. The second-order valence-corrected chi connectivity index (χ2v) is 4.54. The van der Waals surface area contributed by atoms with E-state index in [0.717, 1.165) is 12.1 Å². The molecule has 0 bridgehead atoms. The highest BCUT2D eigenvalue weighted by atomic mass is 35.5. The quantitative estimate of drug-likeness (QED) is 0.561. The molecule has 1 heterocycles. The zero-order chi connectivity index (χ0) is 15.0. The van der Waals surface area contributed by atoms with Gasteiger partial charge in [-0.25, -0.2) is 18.2 Å². The Balaban J connectivity index is 2.12. The maximum atomic E-state index is 13.7.